The minimum atomic E-state index is -0.326. The Morgan fingerprint density at radius 3 is 2.85 bits per heavy atom. The van der Waals surface area contributed by atoms with Gasteiger partial charge in [0.15, 0.2) is 4.96 Å². The van der Waals surface area contributed by atoms with Crippen molar-refractivity contribution in [2.24, 2.45) is 0 Å². The second kappa shape index (κ2) is 6.38. The van der Waals surface area contributed by atoms with Crippen LogP contribution in [0.4, 0.5) is 10.2 Å². The average molecular weight is 370 g/mol. The zero-order chi connectivity index (χ0) is 18.3. The van der Waals surface area contributed by atoms with Gasteiger partial charge in [-0.3, -0.25) is 9.20 Å². The van der Waals surface area contributed by atoms with Gasteiger partial charge < -0.3 is 9.84 Å². The van der Waals surface area contributed by atoms with Crippen LogP contribution in [0.5, 0.6) is 0 Å². The van der Waals surface area contributed by atoms with Crippen molar-refractivity contribution in [2.75, 3.05) is 5.32 Å². The van der Waals surface area contributed by atoms with Crippen LogP contribution in [0.25, 0.3) is 16.2 Å². The second-order valence-corrected chi connectivity index (χ2v) is 6.61. The minimum absolute atomic E-state index is 0.308. The van der Waals surface area contributed by atoms with Gasteiger partial charge >= 0.3 is 0 Å². The molecule has 0 aliphatic rings. The van der Waals surface area contributed by atoms with E-state index in [1.807, 2.05) is 18.5 Å². The number of thiazole rings is 1. The normalized spacial score (nSPS) is 11.2. The quantitative estimate of drug-likeness (QED) is 0.581. The van der Waals surface area contributed by atoms with Crippen LogP contribution in [0, 0.1) is 12.7 Å². The summed E-state index contributed by atoms with van der Waals surface area (Å²) in [5.74, 6) is 0.360. The summed E-state index contributed by atoms with van der Waals surface area (Å²) in [5.41, 5.74) is 2.34. The highest BCUT2D eigenvalue weighted by atomic mass is 32.1. The van der Waals surface area contributed by atoms with Gasteiger partial charge in [0.25, 0.3) is 5.91 Å². The summed E-state index contributed by atoms with van der Waals surface area (Å²) < 4.78 is 20.2. The van der Waals surface area contributed by atoms with E-state index in [4.69, 9.17) is 4.52 Å². The van der Waals surface area contributed by atoms with Crippen molar-refractivity contribution in [1.82, 2.24) is 14.5 Å². The van der Waals surface area contributed by atoms with Crippen LogP contribution >= 0.6 is 11.3 Å². The highest BCUT2D eigenvalue weighted by molar-refractivity contribution is 7.15. The van der Waals surface area contributed by atoms with Gasteiger partial charge in [0, 0.05) is 17.1 Å². The Kier molecular flexibility index (Phi) is 4.04. The number of amides is 1. The van der Waals surface area contributed by atoms with Crippen molar-refractivity contribution in [3.63, 3.8) is 0 Å². The molecule has 0 aliphatic heterocycles. The Morgan fingerprint density at radius 2 is 2.12 bits per heavy atom. The van der Waals surface area contributed by atoms with Crippen molar-refractivity contribution in [3.05, 3.63) is 58.7 Å². The highest BCUT2D eigenvalue weighted by Gasteiger charge is 2.23. The molecule has 3 heterocycles. The molecule has 6 nitrogen and oxygen atoms in total. The van der Waals surface area contributed by atoms with Gasteiger partial charge in [0.05, 0.1) is 5.69 Å². The van der Waals surface area contributed by atoms with Crippen molar-refractivity contribution in [2.45, 2.75) is 20.3 Å². The van der Waals surface area contributed by atoms with E-state index in [1.54, 1.807) is 23.5 Å². The molecule has 0 aliphatic carbocycles. The smallest absolute Gasteiger partial charge is 0.262 e. The highest BCUT2D eigenvalue weighted by Crippen LogP contribution is 2.31. The number of nitrogens with one attached hydrogen (secondary N) is 1. The number of hydrogen-bond donors (Lipinski definition) is 1. The van der Waals surface area contributed by atoms with E-state index in [1.165, 1.54) is 23.5 Å². The maximum Gasteiger partial charge on any atom is 0.262 e. The Morgan fingerprint density at radius 1 is 1.35 bits per heavy atom. The number of imidazole rings is 1. The number of aromatic nitrogens is 3. The number of anilines is 1. The lowest BCUT2D eigenvalue weighted by Crippen LogP contribution is -2.16. The summed E-state index contributed by atoms with van der Waals surface area (Å²) in [6, 6.07) is 6.01. The third-order valence-electron chi connectivity index (χ3n) is 4.11. The number of carbonyl (C=O) groups excluding carboxylic acids is 1. The standard InChI is InChI=1S/C18H15FN4O2S/c1-3-13-14(10(2)25-22-13)17(24)21-16-15(11-4-6-12(19)7-5-11)20-18-23(16)8-9-26-18/h4-9H,3H2,1-2H3,(H,21,24). The molecule has 0 unspecified atom stereocenters. The van der Waals surface area contributed by atoms with Gasteiger partial charge in [0.1, 0.15) is 28.7 Å². The maximum absolute atomic E-state index is 13.3. The Bertz CT molecular complexity index is 1090. The topological polar surface area (TPSA) is 72.4 Å². The molecule has 0 atom stereocenters. The number of aryl methyl sites for hydroxylation is 2. The number of hydrogen-bond acceptors (Lipinski definition) is 5. The van der Waals surface area contributed by atoms with Gasteiger partial charge in [0.2, 0.25) is 0 Å². The molecule has 0 spiro atoms. The van der Waals surface area contributed by atoms with E-state index >= 15 is 0 Å². The van der Waals surface area contributed by atoms with Crippen molar-refractivity contribution >= 4 is 28.0 Å². The molecule has 4 rings (SSSR count). The third-order valence-corrected chi connectivity index (χ3v) is 4.86. The predicted octanol–water partition coefficient (Wildman–Crippen LogP) is 4.31. The maximum atomic E-state index is 13.3. The zero-order valence-corrected chi connectivity index (χ0v) is 14.9. The van der Waals surface area contributed by atoms with Crippen LogP contribution in [0.2, 0.25) is 0 Å². The van der Waals surface area contributed by atoms with Crippen LogP contribution in [0.3, 0.4) is 0 Å². The fourth-order valence-electron chi connectivity index (χ4n) is 2.83. The molecular weight excluding hydrogens is 355 g/mol. The number of benzene rings is 1. The first-order chi connectivity index (χ1) is 12.6. The van der Waals surface area contributed by atoms with E-state index in [2.05, 4.69) is 15.5 Å². The number of fused-ring (bicyclic) bond motifs is 1. The number of rotatable bonds is 4. The first kappa shape index (κ1) is 16.5. The van der Waals surface area contributed by atoms with E-state index in [-0.39, 0.29) is 11.7 Å². The largest absolute Gasteiger partial charge is 0.361 e. The van der Waals surface area contributed by atoms with Gasteiger partial charge in [-0.15, -0.1) is 11.3 Å². The molecule has 0 saturated carbocycles. The molecule has 0 saturated heterocycles. The Hall–Kier alpha value is -3.00. The van der Waals surface area contributed by atoms with Crippen LogP contribution in [-0.4, -0.2) is 20.4 Å². The number of carbonyl (C=O) groups is 1. The SMILES string of the molecule is CCc1noc(C)c1C(=O)Nc1c(-c2ccc(F)cc2)nc2sccn12. The molecule has 0 bridgehead atoms. The van der Waals surface area contributed by atoms with Crippen LogP contribution in [0.1, 0.15) is 28.7 Å². The summed E-state index contributed by atoms with van der Waals surface area (Å²) in [7, 11) is 0. The van der Waals surface area contributed by atoms with E-state index in [0.717, 1.165) is 10.5 Å². The summed E-state index contributed by atoms with van der Waals surface area (Å²) >= 11 is 1.45. The summed E-state index contributed by atoms with van der Waals surface area (Å²) in [4.78, 5) is 18.2. The van der Waals surface area contributed by atoms with Crippen molar-refractivity contribution in [1.29, 1.82) is 0 Å². The van der Waals surface area contributed by atoms with E-state index < -0.39 is 0 Å². The molecular formula is C18H15FN4O2S. The molecule has 1 amide bonds. The summed E-state index contributed by atoms with van der Waals surface area (Å²) in [6.07, 6.45) is 2.42. The Balaban J connectivity index is 1.79. The fourth-order valence-corrected chi connectivity index (χ4v) is 3.55. The lowest BCUT2D eigenvalue weighted by atomic mass is 10.1. The molecule has 1 N–H and O–H groups in total. The van der Waals surface area contributed by atoms with Crippen molar-refractivity contribution in [3.8, 4) is 11.3 Å². The van der Waals surface area contributed by atoms with E-state index in [9.17, 15) is 9.18 Å². The van der Waals surface area contributed by atoms with Crippen molar-refractivity contribution < 1.29 is 13.7 Å². The van der Waals surface area contributed by atoms with Gasteiger partial charge in [-0.1, -0.05) is 12.1 Å². The summed E-state index contributed by atoms with van der Waals surface area (Å²) in [5, 5.41) is 8.74. The lowest BCUT2D eigenvalue weighted by molar-refractivity contribution is 0.102. The van der Waals surface area contributed by atoms with E-state index in [0.29, 0.717) is 35.0 Å². The molecule has 26 heavy (non-hydrogen) atoms. The number of halogens is 1. The van der Waals surface area contributed by atoms with Gasteiger partial charge in [-0.25, -0.2) is 9.37 Å². The van der Waals surface area contributed by atoms with Crippen LogP contribution < -0.4 is 5.32 Å². The molecule has 0 radical (unpaired) electrons. The minimum Gasteiger partial charge on any atom is -0.361 e. The first-order valence-electron chi connectivity index (χ1n) is 8.06. The number of nitrogens with zero attached hydrogens (tertiary/aromatic N) is 3. The predicted molar refractivity (Wildman–Crippen MR) is 97.0 cm³/mol. The Labute approximate surface area is 152 Å². The molecule has 8 heteroatoms. The lowest BCUT2D eigenvalue weighted by Gasteiger charge is -2.07. The fraction of sp³-hybridized carbons (Fsp3) is 0.167. The third kappa shape index (κ3) is 2.68. The zero-order valence-electron chi connectivity index (χ0n) is 14.1. The van der Waals surface area contributed by atoms with Gasteiger partial charge in [-0.05, 0) is 37.6 Å². The molecule has 3 aromatic heterocycles. The second-order valence-electron chi connectivity index (χ2n) is 5.74. The first-order valence-corrected chi connectivity index (χ1v) is 8.94. The monoisotopic (exact) mass is 370 g/mol. The average Bonchev–Trinajstić information content (AvgIpc) is 3.31. The summed E-state index contributed by atoms with van der Waals surface area (Å²) in [6.45, 7) is 3.62. The van der Waals surface area contributed by atoms with Gasteiger partial charge in [-0.2, -0.15) is 0 Å². The molecule has 132 valence electrons. The van der Waals surface area contributed by atoms with Crippen LogP contribution in [0.15, 0.2) is 40.4 Å². The molecule has 4 aromatic rings. The molecule has 0 fully saturated rings. The van der Waals surface area contributed by atoms with Crippen LogP contribution in [-0.2, 0) is 6.42 Å². The molecule has 1 aromatic carbocycles.